The van der Waals surface area contributed by atoms with Crippen molar-refractivity contribution in [2.24, 2.45) is 0 Å². The topological polar surface area (TPSA) is 40.5 Å². The van der Waals surface area contributed by atoms with E-state index in [1.807, 2.05) is 11.0 Å². The standard InChI is InChI=1S/C13H17NO2S/c15-11-5-4-6-12(9-11)17-10-13(16)14-7-2-1-3-8-14/h4-6,9,15H,1-3,7-8,10H2. The number of carbonyl (C=O) groups excluding carboxylic acids is 1. The van der Waals surface area contributed by atoms with Crippen LogP contribution in [-0.4, -0.2) is 34.8 Å². The lowest BCUT2D eigenvalue weighted by molar-refractivity contribution is -0.129. The van der Waals surface area contributed by atoms with Crippen molar-refractivity contribution >= 4 is 17.7 Å². The second-order valence-corrected chi connectivity index (χ2v) is 5.28. The van der Waals surface area contributed by atoms with Crippen LogP contribution in [0.5, 0.6) is 5.75 Å². The largest absolute Gasteiger partial charge is 0.508 e. The number of carbonyl (C=O) groups is 1. The predicted octanol–water partition coefficient (Wildman–Crippen LogP) is 2.50. The number of phenols is 1. The Hall–Kier alpha value is -1.16. The Morgan fingerprint density at radius 3 is 2.76 bits per heavy atom. The highest BCUT2D eigenvalue weighted by atomic mass is 32.2. The number of hydrogen-bond donors (Lipinski definition) is 1. The number of benzene rings is 1. The maximum atomic E-state index is 11.9. The van der Waals surface area contributed by atoms with Gasteiger partial charge in [-0.05, 0) is 37.5 Å². The summed E-state index contributed by atoms with van der Waals surface area (Å²) in [5.41, 5.74) is 0. The second kappa shape index (κ2) is 5.96. The van der Waals surface area contributed by atoms with Gasteiger partial charge >= 0.3 is 0 Å². The zero-order valence-corrected chi connectivity index (χ0v) is 10.6. The molecule has 1 aromatic carbocycles. The molecule has 0 aliphatic carbocycles. The van der Waals surface area contributed by atoms with Gasteiger partial charge in [0.15, 0.2) is 0 Å². The second-order valence-electron chi connectivity index (χ2n) is 4.23. The van der Waals surface area contributed by atoms with Gasteiger partial charge in [-0.25, -0.2) is 0 Å². The molecule has 0 spiro atoms. The first kappa shape index (κ1) is 12.3. The Labute approximate surface area is 106 Å². The molecule has 0 radical (unpaired) electrons. The lowest BCUT2D eigenvalue weighted by atomic mass is 10.1. The average Bonchev–Trinajstić information content (AvgIpc) is 2.37. The molecule has 0 bridgehead atoms. The summed E-state index contributed by atoms with van der Waals surface area (Å²) in [4.78, 5) is 14.8. The molecule has 1 fully saturated rings. The monoisotopic (exact) mass is 251 g/mol. The minimum atomic E-state index is 0.207. The van der Waals surface area contributed by atoms with Crippen LogP contribution in [-0.2, 0) is 4.79 Å². The molecule has 3 nitrogen and oxygen atoms in total. The van der Waals surface area contributed by atoms with Gasteiger partial charge in [0, 0.05) is 18.0 Å². The van der Waals surface area contributed by atoms with Gasteiger partial charge in [0.1, 0.15) is 5.75 Å². The highest BCUT2D eigenvalue weighted by Crippen LogP contribution is 2.22. The van der Waals surface area contributed by atoms with Crippen LogP contribution in [0.2, 0.25) is 0 Å². The molecule has 0 aromatic heterocycles. The first-order valence-corrected chi connectivity index (χ1v) is 6.94. The molecule has 0 unspecified atom stereocenters. The number of nitrogens with zero attached hydrogens (tertiary/aromatic N) is 1. The van der Waals surface area contributed by atoms with Crippen molar-refractivity contribution in [1.82, 2.24) is 4.90 Å². The van der Waals surface area contributed by atoms with E-state index in [0.29, 0.717) is 5.75 Å². The van der Waals surface area contributed by atoms with Crippen LogP contribution in [0.25, 0.3) is 0 Å². The molecule has 4 heteroatoms. The van der Waals surface area contributed by atoms with E-state index in [9.17, 15) is 9.90 Å². The van der Waals surface area contributed by atoms with Crippen LogP contribution < -0.4 is 0 Å². The number of hydrogen-bond acceptors (Lipinski definition) is 3. The summed E-state index contributed by atoms with van der Waals surface area (Å²) in [6.07, 6.45) is 3.49. The number of rotatable bonds is 3. The summed E-state index contributed by atoms with van der Waals surface area (Å²) in [6.45, 7) is 1.80. The lowest BCUT2D eigenvalue weighted by Gasteiger charge is -2.26. The van der Waals surface area contributed by atoms with Gasteiger partial charge in [0.25, 0.3) is 0 Å². The summed E-state index contributed by atoms with van der Waals surface area (Å²) in [5.74, 6) is 0.919. The Morgan fingerprint density at radius 2 is 2.06 bits per heavy atom. The molecule has 17 heavy (non-hydrogen) atoms. The van der Waals surface area contributed by atoms with Crippen LogP contribution in [0.4, 0.5) is 0 Å². The van der Waals surface area contributed by atoms with Gasteiger partial charge < -0.3 is 10.0 Å². The summed E-state index contributed by atoms with van der Waals surface area (Å²) in [5, 5.41) is 9.32. The van der Waals surface area contributed by atoms with Crippen molar-refractivity contribution in [1.29, 1.82) is 0 Å². The number of likely N-dealkylation sites (tertiary alicyclic amines) is 1. The lowest BCUT2D eigenvalue weighted by Crippen LogP contribution is -2.36. The van der Waals surface area contributed by atoms with E-state index < -0.39 is 0 Å². The molecule has 0 atom stereocenters. The third-order valence-electron chi connectivity index (χ3n) is 2.89. The normalized spacial score (nSPS) is 15.9. The van der Waals surface area contributed by atoms with Gasteiger partial charge in [0.2, 0.25) is 5.91 Å². The number of piperidine rings is 1. The summed E-state index contributed by atoms with van der Waals surface area (Å²) in [6, 6.07) is 7.03. The molecule has 1 aliphatic heterocycles. The Bertz CT molecular complexity index is 389. The molecule has 1 N–H and O–H groups in total. The first-order chi connectivity index (χ1) is 8.25. The summed E-state index contributed by atoms with van der Waals surface area (Å²) >= 11 is 1.49. The quantitative estimate of drug-likeness (QED) is 0.839. The summed E-state index contributed by atoms with van der Waals surface area (Å²) < 4.78 is 0. The molecule has 92 valence electrons. The molecule has 1 amide bonds. The van der Waals surface area contributed by atoms with Crippen molar-refractivity contribution in [2.45, 2.75) is 24.2 Å². The van der Waals surface area contributed by atoms with Crippen LogP contribution >= 0.6 is 11.8 Å². The maximum absolute atomic E-state index is 11.9. The van der Waals surface area contributed by atoms with Crippen LogP contribution in [0, 0.1) is 0 Å². The average molecular weight is 251 g/mol. The number of amides is 1. The molecule has 0 saturated carbocycles. The molecular weight excluding hydrogens is 234 g/mol. The maximum Gasteiger partial charge on any atom is 0.232 e. The van der Waals surface area contributed by atoms with Crippen molar-refractivity contribution in [2.75, 3.05) is 18.8 Å². The van der Waals surface area contributed by atoms with Crippen LogP contribution in [0.3, 0.4) is 0 Å². The smallest absolute Gasteiger partial charge is 0.232 e. The highest BCUT2D eigenvalue weighted by Gasteiger charge is 2.16. The number of aromatic hydroxyl groups is 1. The van der Waals surface area contributed by atoms with Gasteiger partial charge in [0.05, 0.1) is 5.75 Å². The zero-order valence-electron chi connectivity index (χ0n) is 9.76. The van der Waals surface area contributed by atoms with E-state index in [1.54, 1.807) is 18.2 Å². The molecular formula is C13H17NO2S. The summed E-state index contributed by atoms with van der Waals surface area (Å²) in [7, 11) is 0. The molecule has 2 rings (SSSR count). The van der Waals surface area contributed by atoms with E-state index in [4.69, 9.17) is 0 Å². The minimum Gasteiger partial charge on any atom is -0.508 e. The highest BCUT2D eigenvalue weighted by molar-refractivity contribution is 8.00. The van der Waals surface area contributed by atoms with Crippen molar-refractivity contribution < 1.29 is 9.90 Å². The van der Waals surface area contributed by atoms with Crippen LogP contribution in [0.15, 0.2) is 29.2 Å². The van der Waals surface area contributed by atoms with Gasteiger partial charge in [-0.1, -0.05) is 6.07 Å². The molecule has 1 aromatic rings. The zero-order chi connectivity index (χ0) is 12.1. The van der Waals surface area contributed by atoms with Crippen molar-refractivity contribution in [3.05, 3.63) is 24.3 Å². The number of phenolic OH excluding ortho intramolecular Hbond substituents is 1. The predicted molar refractivity (Wildman–Crippen MR) is 69.3 cm³/mol. The van der Waals surface area contributed by atoms with E-state index in [-0.39, 0.29) is 11.7 Å². The fourth-order valence-electron chi connectivity index (χ4n) is 1.95. The SMILES string of the molecule is O=C(CSc1cccc(O)c1)N1CCCCC1. The molecule has 1 heterocycles. The fourth-order valence-corrected chi connectivity index (χ4v) is 2.80. The molecule has 1 aliphatic rings. The third kappa shape index (κ3) is 3.66. The van der Waals surface area contributed by atoms with Gasteiger partial charge in [-0.15, -0.1) is 11.8 Å². The van der Waals surface area contributed by atoms with E-state index >= 15 is 0 Å². The number of thioether (sulfide) groups is 1. The Morgan fingerprint density at radius 1 is 1.29 bits per heavy atom. The van der Waals surface area contributed by atoms with E-state index in [1.165, 1.54) is 18.2 Å². The minimum absolute atomic E-state index is 0.207. The third-order valence-corrected chi connectivity index (χ3v) is 3.87. The fraction of sp³-hybridized carbons (Fsp3) is 0.462. The Balaban J connectivity index is 1.83. The van der Waals surface area contributed by atoms with E-state index in [0.717, 1.165) is 30.8 Å². The van der Waals surface area contributed by atoms with E-state index in [2.05, 4.69) is 0 Å². The Kier molecular flexibility index (Phi) is 4.31. The van der Waals surface area contributed by atoms with Crippen molar-refractivity contribution in [3.8, 4) is 5.75 Å². The van der Waals surface area contributed by atoms with Gasteiger partial charge in [-0.3, -0.25) is 4.79 Å². The van der Waals surface area contributed by atoms with Gasteiger partial charge in [-0.2, -0.15) is 0 Å². The first-order valence-electron chi connectivity index (χ1n) is 5.95. The van der Waals surface area contributed by atoms with Crippen LogP contribution in [0.1, 0.15) is 19.3 Å². The van der Waals surface area contributed by atoms with Crippen molar-refractivity contribution in [3.63, 3.8) is 0 Å². The molecule has 1 saturated heterocycles.